The predicted molar refractivity (Wildman–Crippen MR) is 65.4 cm³/mol. The topological polar surface area (TPSA) is 52.6 Å². The fourth-order valence-electron chi connectivity index (χ4n) is 1.46. The Morgan fingerprint density at radius 3 is 1.76 bits per heavy atom. The zero-order valence-corrected chi connectivity index (χ0v) is 11.1. The molecule has 0 bridgehead atoms. The van der Waals surface area contributed by atoms with Gasteiger partial charge in [0, 0.05) is 0 Å². The first kappa shape index (κ1) is 15.7. The van der Waals surface area contributed by atoms with Gasteiger partial charge in [0.25, 0.3) is 0 Å². The Morgan fingerprint density at radius 1 is 1.00 bits per heavy atom. The van der Waals surface area contributed by atoms with E-state index in [0.717, 1.165) is 6.42 Å². The zero-order valence-electron chi connectivity index (χ0n) is 11.1. The molecule has 0 aliphatic rings. The van der Waals surface area contributed by atoms with Crippen LogP contribution in [0.1, 0.15) is 40.5 Å². The molecule has 17 heavy (non-hydrogen) atoms. The summed E-state index contributed by atoms with van der Waals surface area (Å²) in [7, 11) is 0. The van der Waals surface area contributed by atoms with Gasteiger partial charge in [-0.05, 0) is 26.7 Å². The van der Waals surface area contributed by atoms with Gasteiger partial charge < -0.3 is 9.47 Å². The zero-order chi connectivity index (χ0) is 13.3. The largest absolute Gasteiger partial charge is 0.465 e. The molecule has 4 heteroatoms. The van der Waals surface area contributed by atoms with Crippen LogP contribution in [0.15, 0.2) is 12.2 Å². The molecule has 0 aromatic rings. The number of carbonyl (C=O) groups is 2. The van der Waals surface area contributed by atoms with E-state index in [0.29, 0.717) is 6.42 Å². The molecule has 0 aromatic carbocycles. The number of rotatable bonds is 7. The quantitative estimate of drug-likeness (QED) is 0.391. The lowest BCUT2D eigenvalue weighted by atomic mass is 9.84. The van der Waals surface area contributed by atoms with Crippen LogP contribution in [0.2, 0.25) is 0 Å². The van der Waals surface area contributed by atoms with E-state index in [2.05, 4.69) is 0 Å². The summed E-state index contributed by atoms with van der Waals surface area (Å²) in [6, 6.07) is 0. The first-order valence-electron chi connectivity index (χ1n) is 6.11. The minimum absolute atomic E-state index is 0.250. The van der Waals surface area contributed by atoms with Gasteiger partial charge in [-0.3, -0.25) is 9.59 Å². The Hall–Kier alpha value is -1.32. The van der Waals surface area contributed by atoms with E-state index in [9.17, 15) is 9.59 Å². The highest BCUT2D eigenvalue weighted by Crippen LogP contribution is 2.28. The third-order valence-electron chi connectivity index (χ3n) is 2.48. The van der Waals surface area contributed by atoms with E-state index in [1.54, 1.807) is 32.9 Å². The van der Waals surface area contributed by atoms with Crippen LogP contribution in [0.3, 0.4) is 0 Å². The third kappa shape index (κ3) is 3.88. The Bertz CT molecular complexity index is 263. The van der Waals surface area contributed by atoms with Crippen LogP contribution < -0.4 is 0 Å². The maximum Gasteiger partial charge on any atom is 0.327 e. The minimum atomic E-state index is -1.29. The van der Waals surface area contributed by atoms with Crippen LogP contribution in [0.5, 0.6) is 0 Å². The number of allylic oxidation sites excluding steroid dienone is 1. The Balaban J connectivity index is 5.20. The van der Waals surface area contributed by atoms with Gasteiger partial charge >= 0.3 is 11.9 Å². The average molecular weight is 242 g/mol. The second-order valence-corrected chi connectivity index (χ2v) is 3.58. The highest BCUT2D eigenvalue weighted by atomic mass is 16.6. The normalized spacial score (nSPS) is 11.5. The second kappa shape index (κ2) is 7.87. The summed E-state index contributed by atoms with van der Waals surface area (Å²) in [5.74, 6) is -1.07. The summed E-state index contributed by atoms with van der Waals surface area (Å²) in [6.07, 6.45) is 4.47. The molecule has 0 saturated heterocycles. The molecule has 0 aromatic heterocycles. The molecule has 98 valence electrons. The lowest BCUT2D eigenvalue weighted by molar-refractivity contribution is -0.168. The molecule has 0 aliphatic carbocycles. The van der Waals surface area contributed by atoms with Crippen molar-refractivity contribution in [2.75, 3.05) is 13.2 Å². The van der Waals surface area contributed by atoms with Gasteiger partial charge in [-0.2, -0.15) is 0 Å². The molecule has 4 nitrogen and oxygen atoms in total. The maximum absolute atomic E-state index is 11.9. The van der Waals surface area contributed by atoms with E-state index in [1.807, 2.05) is 6.92 Å². The lowest BCUT2D eigenvalue weighted by Crippen LogP contribution is -2.40. The molecular formula is C13H22O4. The van der Waals surface area contributed by atoms with E-state index < -0.39 is 17.4 Å². The van der Waals surface area contributed by atoms with E-state index in [1.165, 1.54) is 0 Å². The van der Waals surface area contributed by atoms with Crippen molar-refractivity contribution in [3.63, 3.8) is 0 Å². The molecule has 0 atom stereocenters. The smallest absolute Gasteiger partial charge is 0.327 e. The van der Waals surface area contributed by atoms with E-state index in [-0.39, 0.29) is 13.2 Å². The summed E-state index contributed by atoms with van der Waals surface area (Å²) < 4.78 is 9.94. The van der Waals surface area contributed by atoms with Gasteiger partial charge in [-0.25, -0.2) is 0 Å². The molecular weight excluding hydrogens is 220 g/mol. The second-order valence-electron chi connectivity index (χ2n) is 3.58. The van der Waals surface area contributed by atoms with Crippen molar-refractivity contribution < 1.29 is 19.1 Å². The van der Waals surface area contributed by atoms with Crippen LogP contribution in [0.25, 0.3) is 0 Å². The Labute approximate surface area is 103 Å². The van der Waals surface area contributed by atoms with Gasteiger partial charge in [0.05, 0.1) is 13.2 Å². The monoisotopic (exact) mass is 242 g/mol. The van der Waals surface area contributed by atoms with Crippen molar-refractivity contribution >= 4 is 11.9 Å². The molecule has 0 unspecified atom stereocenters. The molecule has 0 fully saturated rings. The molecule has 0 N–H and O–H groups in total. The van der Waals surface area contributed by atoms with Gasteiger partial charge in [-0.15, -0.1) is 0 Å². The fraction of sp³-hybridized carbons (Fsp3) is 0.692. The van der Waals surface area contributed by atoms with Gasteiger partial charge in [-0.1, -0.05) is 26.0 Å². The Morgan fingerprint density at radius 2 is 1.47 bits per heavy atom. The molecule has 0 aliphatic heterocycles. The number of esters is 2. The third-order valence-corrected chi connectivity index (χ3v) is 2.48. The highest BCUT2D eigenvalue weighted by molar-refractivity contribution is 6.02. The summed E-state index contributed by atoms with van der Waals surface area (Å²) in [4.78, 5) is 23.9. The average Bonchev–Trinajstić information content (AvgIpc) is 2.31. The van der Waals surface area contributed by atoms with Crippen LogP contribution in [0, 0.1) is 5.41 Å². The number of ether oxygens (including phenoxy) is 2. The van der Waals surface area contributed by atoms with E-state index >= 15 is 0 Å². The Kier molecular flexibility index (Phi) is 7.26. The van der Waals surface area contributed by atoms with Crippen LogP contribution in [-0.4, -0.2) is 25.2 Å². The molecule has 0 heterocycles. The predicted octanol–water partition coefficient (Wildman–Crippen LogP) is 2.48. The number of hydrogen-bond donors (Lipinski definition) is 0. The van der Waals surface area contributed by atoms with Gasteiger partial charge in [0.1, 0.15) is 0 Å². The standard InChI is InChI=1S/C13H22O4/c1-5-9-10-13(6-2,11(14)16-7-3)12(15)17-8-4/h9-10H,5-8H2,1-4H3/b10-9+. The van der Waals surface area contributed by atoms with Gasteiger partial charge in [0.2, 0.25) is 0 Å². The summed E-state index contributed by atoms with van der Waals surface area (Å²) in [5, 5.41) is 0. The number of hydrogen-bond acceptors (Lipinski definition) is 4. The molecule has 0 spiro atoms. The fourth-order valence-corrected chi connectivity index (χ4v) is 1.46. The minimum Gasteiger partial charge on any atom is -0.465 e. The van der Waals surface area contributed by atoms with Crippen molar-refractivity contribution in [3.8, 4) is 0 Å². The highest BCUT2D eigenvalue weighted by Gasteiger charge is 2.44. The first-order valence-corrected chi connectivity index (χ1v) is 6.11. The van der Waals surface area contributed by atoms with Crippen LogP contribution in [-0.2, 0) is 19.1 Å². The molecule has 0 rings (SSSR count). The van der Waals surface area contributed by atoms with Crippen molar-refractivity contribution in [2.24, 2.45) is 5.41 Å². The molecule has 0 saturated carbocycles. The molecule has 0 radical (unpaired) electrons. The summed E-state index contributed by atoms with van der Waals surface area (Å²) in [6.45, 7) is 7.64. The maximum atomic E-state index is 11.9. The lowest BCUT2D eigenvalue weighted by Gasteiger charge is -2.24. The SMILES string of the molecule is CC/C=C/C(CC)(C(=O)OCC)C(=O)OCC. The van der Waals surface area contributed by atoms with E-state index in [4.69, 9.17) is 9.47 Å². The first-order chi connectivity index (χ1) is 8.08. The summed E-state index contributed by atoms with van der Waals surface area (Å²) in [5.41, 5.74) is -1.29. The van der Waals surface area contributed by atoms with Crippen molar-refractivity contribution in [3.05, 3.63) is 12.2 Å². The van der Waals surface area contributed by atoms with Crippen LogP contribution >= 0.6 is 0 Å². The van der Waals surface area contributed by atoms with Crippen LogP contribution in [0.4, 0.5) is 0 Å². The van der Waals surface area contributed by atoms with Crippen molar-refractivity contribution in [1.29, 1.82) is 0 Å². The summed E-state index contributed by atoms with van der Waals surface area (Å²) >= 11 is 0. The van der Waals surface area contributed by atoms with Crippen molar-refractivity contribution in [2.45, 2.75) is 40.5 Å². The number of carbonyl (C=O) groups excluding carboxylic acids is 2. The van der Waals surface area contributed by atoms with Gasteiger partial charge in [0.15, 0.2) is 5.41 Å². The molecule has 0 amide bonds. The van der Waals surface area contributed by atoms with Crippen molar-refractivity contribution in [1.82, 2.24) is 0 Å².